The number of para-hydroxylation sites is 1. The maximum absolute atomic E-state index is 12.1. The Bertz CT molecular complexity index is 1070. The van der Waals surface area contributed by atoms with E-state index < -0.39 is 10.8 Å². The van der Waals surface area contributed by atoms with Crippen molar-refractivity contribution in [3.8, 4) is 0 Å². The molecule has 0 unspecified atom stereocenters. The van der Waals surface area contributed by atoms with Gasteiger partial charge in [0.2, 0.25) is 0 Å². The summed E-state index contributed by atoms with van der Waals surface area (Å²) in [6.45, 7) is 0. The first kappa shape index (κ1) is 19.9. The van der Waals surface area contributed by atoms with E-state index >= 15 is 0 Å². The molecule has 1 amide bonds. The van der Waals surface area contributed by atoms with Gasteiger partial charge in [0, 0.05) is 30.0 Å². The smallest absolute Gasteiger partial charge is 0.270 e. The van der Waals surface area contributed by atoms with Gasteiger partial charge < -0.3 is 20.6 Å². The number of primary amides is 1. The van der Waals surface area contributed by atoms with Crippen LogP contribution in [0.25, 0.3) is 11.0 Å². The van der Waals surface area contributed by atoms with E-state index in [9.17, 15) is 20.0 Å². The van der Waals surface area contributed by atoms with E-state index in [1.807, 2.05) is 30.3 Å². The second-order valence-electron chi connectivity index (χ2n) is 7.73. The Balaban J connectivity index is 1.75. The minimum Gasteiger partial charge on any atom is -0.461 e. The highest BCUT2D eigenvalue weighted by Gasteiger charge is 2.25. The summed E-state index contributed by atoms with van der Waals surface area (Å²) in [6, 6.07) is 12.2. The van der Waals surface area contributed by atoms with Gasteiger partial charge in [0.15, 0.2) is 0 Å². The van der Waals surface area contributed by atoms with Crippen LogP contribution in [0, 0.1) is 10.1 Å². The third-order valence-corrected chi connectivity index (χ3v) is 5.57. The van der Waals surface area contributed by atoms with E-state index in [4.69, 9.17) is 10.2 Å². The molecular formula is C22H23N3O5. The number of fused-ring (bicyclic) bond motifs is 1. The van der Waals surface area contributed by atoms with Crippen molar-refractivity contribution < 1.29 is 19.2 Å². The second kappa shape index (κ2) is 8.16. The molecule has 0 atom stereocenters. The molecule has 1 aliphatic rings. The highest BCUT2D eigenvalue weighted by molar-refractivity contribution is 6.00. The Hall–Kier alpha value is -3.39. The average molecular weight is 409 g/mol. The molecule has 2 aromatic carbocycles. The zero-order chi connectivity index (χ0) is 21.3. The molecule has 0 bridgehead atoms. The minimum atomic E-state index is -0.733. The topological polar surface area (TPSA) is 132 Å². The third kappa shape index (κ3) is 4.13. The molecule has 0 aliphatic heterocycles. The summed E-state index contributed by atoms with van der Waals surface area (Å²) < 4.78 is 5.88. The number of furan rings is 1. The number of anilines is 1. The Morgan fingerprint density at radius 1 is 1.20 bits per heavy atom. The fraction of sp³-hybridized carbons (Fsp3) is 0.318. The van der Waals surface area contributed by atoms with Crippen LogP contribution in [0.5, 0.6) is 0 Å². The van der Waals surface area contributed by atoms with E-state index in [0.29, 0.717) is 29.9 Å². The third-order valence-electron chi connectivity index (χ3n) is 5.57. The molecule has 1 fully saturated rings. The predicted molar refractivity (Wildman–Crippen MR) is 113 cm³/mol. The fourth-order valence-corrected chi connectivity index (χ4v) is 4.03. The number of benzene rings is 2. The molecule has 30 heavy (non-hydrogen) atoms. The molecule has 156 valence electrons. The minimum absolute atomic E-state index is 0.0439. The van der Waals surface area contributed by atoms with Gasteiger partial charge in [0.1, 0.15) is 11.3 Å². The number of hydrogen-bond donors (Lipinski definition) is 3. The molecule has 4 rings (SSSR count). The first-order valence-electron chi connectivity index (χ1n) is 9.94. The largest absolute Gasteiger partial charge is 0.461 e. The van der Waals surface area contributed by atoms with Gasteiger partial charge in [-0.05, 0) is 43.4 Å². The van der Waals surface area contributed by atoms with Crippen LogP contribution in [-0.2, 0) is 6.42 Å². The van der Waals surface area contributed by atoms with Gasteiger partial charge in [-0.25, -0.2) is 0 Å². The molecule has 0 saturated heterocycles. The van der Waals surface area contributed by atoms with Crippen molar-refractivity contribution in [1.82, 2.24) is 0 Å². The first-order valence-corrected chi connectivity index (χ1v) is 9.94. The quantitative estimate of drug-likeness (QED) is 0.420. The predicted octanol–water partition coefficient (Wildman–Crippen LogP) is 3.75. The van der Waals surface area contributed by atoms with Gasteiger partial charge in [0.25, 0.3) is 11.6 Å². The van der Waals surface area contributed by atoms with Crippen LogP contribution in [0.1, 0.15) is 47.4 Å². The molecule has 1 saturated carbocycles. The van der Waals surface area contributed by atoms with Crippen LogP contribution in [0.15, 0.2) is 46.9 Å². The van der Waals surface area contributed by atoms with Gasteiger partial charge >= 0.3 is 0 Å². The Kier molecular flexibility index (Phi) is 5.41. The number of hydrogen-bond acceptors (Lipinski definition) is 6. The van der Waals surface area contributed by atoms with E-state index in [2.05, 4.69) is 5.32 Å². The first-order chi connectivity index (χ1) is 14.4. The summed E-state index contributed by atoms with van der Waals surface area (Å²) in [5.74, 6) is -0.0999. The van der Waals surface area contributed by atoms with Gasteiger partial charge in [0.05, 0.1) is 22.3 Å². The molecule has 0 spiro atoms. The summed E-state index contributed by atoms with van der Waals surface area (Å²) in [7, 11) is 0. The van der Waals surface area contributed by atoms with Crippen LogP contribution in [0.4, 0.5) is 11.4 Å². The number of carbonyl (C=O) groups is 1. The number of amides is 1. The van der Waals surface area contributed by atoms with E-state index in [1.54, 1.807) is 0 Å². The highest BCUT2D eigenvalue weighted by Crippen LogP contribution is 2.33. The lowest BCUT2D eigenvalue weighted by Crippen LogP contribution is -2.30. The Morgan fingerprint density at radius 3 is 2.60 bits per heavy atom. The number of nitro groups is 1. The molecular weight excluding hydrogens is 386 g/mol. The van der Waals surface area contributed by atoms with Gasteiger partial charge in [-0.2, -0.15) is 0 Å². The molecule has 8 nitrogen and oxygen atoms in total. The SMILES string of the molecule is NC(=O)c1cc([N+](=O)[O-])cc(Cc2cc3ccccc3o2)c1NC1CCC(O)CC1. The number of rotatable bonds is 6. The number of nitro benzene ring substituents is 1. The average Bonchev–Trinajstić information content (AvgIpc) is 3.12. The van der Waals surface area contributed by atoms with Gasteiger partial charge in [-0.15, -0.1) is 0 Å². The fourth-order valence-electron chi connectivity index (χ4n) is 4.03. The second-order valence-corrected chi connectivity index (χ2v) is 7.73. The highest BCUT2D eigenvalue weighted by atomic mass is 16.6. The molecule has 8 heteroatoms. The van der Waals surface area contributed by atoms with Crippen molar-refractivity contribution in [1.29, 1.82) is 0 Å². The molecule has 4 N–H and O–H groups in total. The van der Waals surface area contributed by atoms with Crippen molar-refractivity contribution in [2.24, 2.45) is 5.73 Å². The van der Waals surface area contributed by atoms with Crippen molar-refractivity contribution >= 4 is 28.3 Å². The van der Waals surface area contributed by atoms with Crippen LogP contribution in [0.2, 0.25) is 0 Å². The molecule has 1 aromatic heterocycles. The van der Waals surface area contributed by atoms with Crippen LogP contribution in [-0.4, -0.2) is 28.1 Å². The number of aliphatic hydroxyl groups excluding tert-OH is 1. The molecule has 0 radical (unpaired) electrons. The van der Waals surface area contributed by atoms with Gasteiger partial charge in [-0.3, -0.25) is 14.9 Å². The number of nitrogens with zero attached hydrogens (tertiary/aromatic N) is 1. The van der Waals surface area contributed by atoms with Crippen LogP contribution in [0.3, 0.4) is 0 Å². The number of carbonyl (C=O) groups excluding carboxylic acids is 1. The number of non-ortho nitro benzene ring substituents is 1. The van der Waals surface area contributed by atoms with E-state index in [1.165, 1.54) is 12.1 Å². The zero-order valence-corrected chi connectivity index (χ0v) is 16.3. The van der Waals surface area contributed by atoms with Crippen LogP contribution < -0.4 is 11.1 Å². The summed E-state index contributed by atoms with van der Waals surface area (Å²) in [5.41, 5.74) is 7.25. The lowest BCUT2D eigenvalue weighted by molar-refractivity contribution is -0.384. The summed E-state index contributed by atoms with van der Waals surface area (Å²) >= 11 is 0. The van der Waals surface area contributed by atoms with Crippen molar-refractivity contribution in [3.63, 3.8) is 0 Å². The maximum atomic E-state index is 12.1. The number of aliphatic hydroxyl groups is 1. The van der Waals surface area contributed by atoms with Crippen LogP contribution >= 0.6 is 0 Å². The van der Waals surface area contributed by atoms with E-state index in [0.717, 1.165) is 23.8 Å². The van der Waals surface area contributed by atoms with Gasteiger partial charge in [-0.1, -0.05) is 18.2 Å². The lowest BCUT2D eigenvalue weighted by Gasteiger charge is -2.28. The Labute approximate surface area is 172 Å². The standard InChI is InChI=1S/C22H23N3O5/c23-22(27)19-12-16(25(28)29)9-14(21(19)24-15-5-7-17(26)8-6-15)11-18-10-13-3-1-2-4-20(13)30-18/h1-4,9-10,12,15,17,24,26H,5-8,11H2,(H2,23,27). The van der Waals surface area contributed by atoms with Crippen molar-refractivity contribution in [2.45, 2.75) is 44.2 Å². The van der Waals surface area contributed by atoms with Crippen molar-refractivity contribution in [3.05, 3.63) is 69.5 Å². The maximum Gasteiger partial charge on any atom is 0.270 e. The summed E-state index contributed by atoms with van der Waals surface area (Å²) in [6.07, 6.45) is 2.76. The number of nitrogens with two attached hydrogens (primary N) is 1. The molecule has 3 aromatic rings. The monoisotopic (exact) mass is 409 g/mol. The van der Waals surface area contributed by atoms with E-state index in [-0.39, 0.29) is 29.8 Å². The normalized spacial score (nSPS) is 19.0. The number of nitrogens with one attached hydrogen (secondary N) is 1. The molecule has 1 heterocycles. The molecule has 1 aliphatic carbocycles. The van der Waals surface area contributed by atoms with Crippen molar-refractivity contribution in [2.75, 3.05) is 5.32 Å². The summed E-state index contributed by atoms with van der Waals surface area (Å²) in [5, 5.41) is 25.5. The lowest BCUT2D eigenvalue weighted by atomic mass is 9.92. The zero-order valence-electron chi connectivity index (χ0n) is 16.3. The Morgan fingerprint density at radius 2 is 1.93 bits per heavy atom. The summed E-state index contributed by atoms with van der Waals surface area (Å²) in [4.78, 5) is 23.0.